The molecule has 2 fully saturated rings. The van der Waals surface area contributed by atoms with Crippen LogP contribution >= 0.6 is 23.6 Å². The summed E-state index contributed by atoms with van der Waals surface area (Å²) in [5, 5.41) is 16.1. The Hall–Kier alpha value is -5.94. The minimum atomic E-state index is -4.79. The zero-order valence-corrected chi connectivity index (χ0v) is 42.8. The average molecular weight is 1040 g/mol. The van der Waals surface area contributed by atoms with Crippen LogP contribution in [0.5, 0.6) is 5.75 Å². The molecule has 0 spiro atoms. The van der Waals surface area contributed by atoms with Gasteiger partial charge in [0.1, 0.15) is 24.2 Å². The highest BCUT2D eigenvalue weighted by Gasteiger charge is 2.51. The molecule has 0 unspecified atom stereocenters. The Bertz CT molecular complexity index is 2620. The summed E-state index contributed by atoms with van der Waals surface area (Å²) in [4.78, 5) is 70.5. The quantitative estimate of drug-likeness (QED) is 0.0335. The van der Waals surface area contributed by atoms with E-state index in [0.717, 1.165) is 51.1 Å². The number of β-amino-alcohol motifs (C(OH)–C–C–N with tert-alkyl or cyclic N) is 1. The fourth-order valence-corrected chi connectivity index (χ4v) is 9.58. The number of nitrogens with zero attached hydrogens (tertiary/aromatic N) is 6. The van der Waals surface area contributed by atoms with E-state index in [9.17, 15) is 37.5 Å². The number of carbonyl (C=O) groups excluding carboxylic acids is 4. The second-order valence-corrected chi connectivity index (χ2v) is 20.2. The summed E-state index contributed by atoms with van der Waals surface area (Å²) < 4.78 is 74.0. The standard InChI is InChI=1S/C50H60F4N8O8S2/c1-30-42(72-29-58-30)32-13-11-31(12-14-32)24-57-44(65)39-23-35(63)27-60(39)45(66)43(48(2,3)4)59-41(64)28-69-19-10-18-68-17-8-9-20-70-40-16-15-33(22-37(40)51)62-47(71)61(46(67)49(62,5)6)34-21-36(50(52,53)54)38(26-55-7)56-25-34/h11-16,21-22,25-26,29,35,39,43,63H,8-10,17-20,23-24,27-28H2,1-7H3,(H,57,65)(H,59,64)/b55-26-/t35-,39+,43-/m1/s1. The Kier molecular flexibility index (Phi) is 18.3. The Morgan fingerprint density at radius 1 is 1.00 bits per heavy atom. The Labute approximate surface area is 425 Å². The van der Waals surface area contributed by atoms with Gasteiger partial charge in [-0.15, -0.1) is 11.3 Å². The van der Waals surface area contributed by atoms with E-state index >= 15 is 4.39 Å². The molecule has 2 aromatic carbocycles. The van der Waals surface area contributed by atoms with Gasteiger partial charge in [-0.1, -0.05) is 45.0 Å². The van der Waals surface area contributed by atoms with Gasteiger partial charge in [0, 0.05) is 64.3 Å². The molecule has 0 bridgehead atoms. The van der Waals surface area contributed by atoms with Crippen LogP contribution in [0.2, 0.25) is 0 Å². The minimum absolute atomic E-state index is 0.0455. The van der Waals surface area contributed by atoms with E-state index in [2.05, 4.69) is 25.6 Å². The van der Waals surface area contributed by atoms with Crippen LogP contribution < -0.4 is 25.2 Å². The summed E-state index contributed by atoms with van der Waals surface area (Å²) >= 11 is 7.13. The van der Waals surface area contributed by atoms with Crippen molar-refractivity contribution in [2.75, 3.05) is 56.4 Å². The first-order chi connectivity index (χ1) is 34.0. The molecule has 2 aliphatic rings. The average Bonchev–Trinajstić information content (AvgIpc) is 3.98. The number of aliphatic hydroxyl groups is 1. The van der Waals surface area contributed by atoms with Crippen molar-refractivity contribution < 1.29 is 56.1 Å². The Morgan fingerprint density at radius 2 is 1.69 bits per heavy atom. The van der Waals surface area contributed by atoms with Crippen LogP contribution in [0.15, 0.2) is 65.2 Å². The number of benzene rings is 2. The van der Waals surface area contributed by atoms with E-state index in [-0.39, 0.29) is 61.6 Å². The van der Waals surface area contributed by atoms with E-state index in [1.54, 1.807) is 37.6 Å². The highest BCUT2D eigenvalue weighted by atomic mass is 32.1. The molecule has 4 aromatic rings. The first kappa shape index (κ1) is 55.4. The van der Waals surface area contributed by atoms with Crippen LogP contribution in [0.4, 0.5) is 28.9 Å². The van der Waals surface area contributed by atoms with E-state index in [0.29, 0.717) is 32.5 Å². The molecule has 72 heavy (non-hydrogen) atoms. The van der Waals surface area contributed by atoms with E-state index in [1.165, 1.54) is 42.8 Å². The molecule has 16 nitrogen and oxygen atoms in total. The summed E-state index contributed by atoms with van der Waals surface area (Å²) in [6, 6.07) is 10.7. The summed E-state index contributed by atoms with van der Waals surface area (Å²) in [5.74, 6) is -2.80. The third-order valence-electron chi connectivity index (χ3n) is 12.0. The molecular weight excluding hydrogens is 981 g/mol. The molecule has 2 saturated heterocycles. The second kappa shape index (κ2) is 23.7. The van der Waals surface area contributed by atoms with Gasteiger partial charge >= 0.3 is 6.18 Å². The van der Waals surface area contributed by atoms with Crippen molar-refractivity contribution in [2.45, 2.75) is 104 Å². The number of aromatic nitrogens is 2. The number of anilines is 2. The second-order valence-electron chi connectivity index (χ2n) is 19.0. The summed E-state index contributed by atoms with van der Waals surface area (Å²) in [6.45, 7) is 11.4. The third kappa shape index (κ3) is 13.4. The van der Waals surface area contributed by atoms with Gasteiger partial charge in [0.15, 0.2) is 16.7 Å². The summed E-state index contributed by atoms with van der Waals surface area (Å²) in [6.07, 6.45) is -1.95. The number of pyridine rings is 1. The number of hydrogen-bond acceptors (Lipinski definition) is 13. The third-order valence-corrected chi connectivity index (χ3v) is 13.4. The lowest BCUT2D eigenvalue weighted by Crippen LogP contribution is -2.58. The predicted molar refractivity (Wildman–Crippen MR) is 268 cm³/mol. The zero-order chi connectivity index (χ0) is 52.5. The van der Waals surface area contributed by atoms with Gasteiger partial charge in [-0.05, 0) is 87.0 Å². The van der Waals surface area contributed by atoms with E-state index < -0.39 is 76.0 Å². The maximum absolute atomic E-state index is 15.4. The van der Waals surface area contributed by atoms with Crippen molar-refractivity contribution in [3.05, 3.63) is 88.6 Å². The van der Waals surface area contributed by atoms with Crippen LogP contribution in [0, 0.1) is 18.2 Å². The Balaban J connectivity index is 0.882. The predicted octanol–water partition coefficient (Wildman–Crippen LogP) is 7.03. The number of amides is 4. The topological polar surface area (TPSA) is 188 Å². The number of hydrogen-bond donors (Lipinski definition) is 3. The van der Waals surface area contributed by atoms with Crippen molar-refractivity contribution in [2.24, 2.45) is 10.4 Å². The molecular formula is C50H60F4N8O8S2. The lowest BCUT2D eigenvalue weighted by atomic mass is 9.85. The fourth-order valence-electron chi connectivity index (χ4n) is 8.24. The highest BCUT2D eigenvalue weighted by Crippen LogP contribution is 2.40. The SMILES string of the molecule is C/N=C\c1ncc(N2C(=O)C(C)(C)N(c3ccc(OCCCCOCCCOCC(=O)N[C@H](C(=O)N4C[C@H](O)C[C@H]4C(=O)NCc4ccc(-c5scnc5C)cc4)C(C)(C)C)c(F)c3)C2=S)cc1C(F)(F)F. The molecule has 388 valence electrons. The number of aryl methyl sites for hydroxylation is 1. The number of thiocarbonyl (C=S) groups is 1. The van der Waals surface area contributed by atoms with E-state index in [4.69, 9.17) is 26.4 Å². The van der Waals surface area contributed by atoms with Gasteiger partial charge in [0.25, 0.3) is 5.91 Å². The lowest BCUT2D eigenvalue weighted by Gasteiger charge is -2.35. The molecule has 2 aromatic heterocycles. The number of aliphatic hydroxyl groups excluding tert-OH is 1. The number of aliphatic imine (C=N–C) groups is 1. The summed E-state index contributed by atoms with van der Waals surface area (Å²) in [7, 11) is 1.31. The van der Waals surface area contributed by atoms with Gasteiger partial charge in [-0.3, -0.25) is 34.1 Å². The van der Waals surface area contributed by atoms with Crippen LogP contribution in [-0.2, 0) is 41.4 Å². The number of carbonyl (C=O) groups is 4. The first-order valence-electron chi connectivity index (χ1n) is 23.3. The monoisotopic (exact) mass is 1040 g/mol. The molecule has 22 heteroatoms. The first-order valence-corrected chi connectivity index (χ1v) is 24.6. The van der Waals surface area contributed by atoms with Gasteiger partial charge in [-0.25, -0.2) is 9.37 Å². The van der Waals surface area contributed by atoms with Crippen LogP contribution in [0.1, 0.15) is 82.8 Å². The van der Waals surface area contributed by atoms with Crippen molar-refractivity contribution in [1.82, 2.24) is 25.5 Å². The number of unbranched alkanes of at least 4 members (excludes halogenated alkanes) is 1. The van der Waals surface area contributed by atoms with Gasteiger partial charge in [0.2, 0.25) is 17.7 Å². The minimum Gasteiger partial charge on any atom is -0.491 e. The van der Waals surface area contributed by atoms with Gasteiger partial charge in [0.05, 0.1) is 51.9 Å². The maximum atomic E-state index is 15.4. The van der Waals surface area contributed by atoms with Crippen LogP contribution in [0.25, 0.3) is 10.4 Å². The molecule has 0 saturated carbocycles. The van der Waals surface area contributed by atoms with Crippen molar-refractivity contribution in [1.29, 1.82) is 0 Å². The fraction of sp³-hybridized carbons (Fsp3) is 0.480. The molecule has 2 aliphatic heterocycles. The molecule has 4 heterocycles. The molecule has 0 aliphatic carbocycles. The molecule has 3 N–H and O–H groups in total. The number of halogens is 4. The van der Waals surface area contributed by atoms with Gasteiger partial charge in [-0.2, -0.15) is 13.2 Å². The molecule has 3 atom stereocenters. The Morgan fingerprint density at radius 3 is 2.35 bits per heavy atom. The van der Waals surface area contributed by atoms with Crippen LogP contribution in [-0.4, -0.2) is 125 Å². The number of ether oxygens (including phenoxy) is 3. The van der Waals surface area contributed by atoms with Gasteiger partial charge < -0.3 is 39.8 Å². The van der Waals surface area contributed by atoms with Crippen LogP contribution in [0.3, 0.4) is 0 Å². The van der Waals surface area contributed by atoms with Crippen molar-refractivity contribution in [3.63, 3.8) is 0 Å². The number of likely N-dealkylation sites (tertiary alicyclic amines) is 1. The maximum Gasteiger partial charge on any atom is 0.418 e. The zero-order valence-electron chi connectivity index (χ0n) is 41.2. The van der Waals surface area contributed by atoms with Crippen molar-refractivity contribution in [3.8, 4) is 16.2 Å². The molecule has 6 rings (SSSR count). The number of nitrogens with one attached hydrogen (secondary N) is 2. The highest BCUT2D eigenvalue weighted by molar-refractivity contribution is 7.81. The van der Waals surface area contributed by atoms with Crippen molar-refractivity contribution >= 4 is 69.9 Å². The number of alkyl halides is 3. The smallest absolute Gasteiger partial charge is 0.418 e. The number of thiazole rings is 1. The molecule has 0 radical (unpaired) electrons. The molecule has 4 amide bonds. The summed E-state index contributed by atoms with van der Waals surface area (Å²) in [5.41, 5.74) is 0.992. The number of rotatable bonds is 21. The lowest BCUT2D eigenvalue weighted by molar-refractivity contribution is -0.144. The largest absolute Gasteiger partial charge is 0.491 e. The normalized spacial score (nSPS) is 17.5. The van der Waals surface area contributed by atoms with E-state index in [1.807, 2.05) is 31.2 Å².